The van der Waals surface area contributed by atoms with Gasteiger partial charge in [-0.3, -0.25) is 0 Å². The third-order valence-corrected chi connectivity index (χ3v) is 3.27. The molecule has 1 N–H and O–H groups in total. The van der Waals surface area contributed by atoms with E-state index in [4.69, 9.17) is 23.2 Å². The van der Waals surface area contributed by atoms with Crippen LogP contribution in [0.25, 0.3) is 0 Å². The average Bonchev–Trinajstić information content (AvgIpc) is 2.06. The normalized spacial score (nSPS) is 14.5. The summed E-state index contributed by atoms with van der Waals surface area (Å²) in [7, 11) is 0. The molecule has 1 heterocycles. The topological polar surface area (TPSA) is 12.0 Å². The van der Waals surface area contributed by atoms with E-state index in [-0.39, 0.29) is 0 Å². The van der Waals surface area contributed by atoms with Crippen molar-refractivity contribution in [3.8, 4) is 0 Å². The fraction of sp³-hybridized carbons (Fsp3) is 0.111. The Morgan fingerprint density at radius 2 is 2.08 bits per heavy atom. The van der Waals surface area contributed by atoms with E-state index in [0.29, 0.717) is 10.0 Å². The van der Waals surface area contributed by atoms with Crippen LogP contribution < -0.4 is 5.32 Å². The third kappa shape index (κ3) is 1.80. The number of allylic oxidation sites excluding steroid dienone is 1. The third-order valence-electron chi connectivity index (χ3n) is 1.70. The molecule has 0 saturated carbocycles. The van der Waals surface area contributed by atoms with Gasteiger partial charge < -0.3 is 5.32 Å². The Morgan fingerprint density at radius 3 is 2.85 bits per heavy atom. The Labute approximate surface area is 91.1 Å². The first kappa shape index (κ1) is 9.25. The molecular formula is C9H7Cl2NS. The minimum absolute atomic E-state index is 0.669. The van der Waals surface area contributed by atoms with Crippen molar-refractivity contribution in [3.05, 3.63) is 33.3 Å². The highest BCUT2D eigenvalue weighted by molar-refractivity contribution is 8.02. The predicted octanol–water partition coefficient (Wildman–Crippen LogP) is 4.37. The van der Waals surface area contributed by atoms with Crippen molar-refractivity contribution < 1.29 is 0 Å². The van der Waals surface area contributed by atoms with Crippen LogP contribution in [0.1, 0.15) is 6.92 Å². The lowest BCUT2D eigenvalue weighted by atomic mass is 10.3. The molecule has 0 amide bonds. The summed E-state index contributed by atoms with van der Waals surface area (Å²) in [5.74, 6) is 0. The highest BCUT2D eigenvalue weighted by Gasteiger charge is 2.12. The largest absolute Gasteiger partial charge is 0.357 e. The van der Waals surface area contributed by atoms with Crippen molar-refractivity contribution in [1.82, 2.24) is 0 Å². The van der Waals surface area contributed by atoms with Crippen molar-refractivity contribution in [2.75, 3.05) is 5.32 Å². The second kappa shape index (κ2) is 3.45. The molecular weight excluding hydrogens is 225 g/mol. The van der Waals surface area contributed by atoms with E-state index in [0.717, 1.165) is 16.3 Å². The van der Waals surface area contributed by atoms with Crippen LogP contribution in [0.2, 0.25) is 10.0 Å². The van der Waals surface area contributed by atoms with Crippen LogP contribution in [0.5, 0.6) is 0 Å². The van der Waals surface area contributed by atoms with Gasteiger partial charge in [-0.05, 0) is 24.5 Å². The van der Waals surface area contributed by atoms with Crippen LogP contribution in [0.3, 0.4) is 0 Å². The minimum Gasteiger partial charge on any atom is -0.357 e. The maximum absolute atomic E-state index is 6.03. The molecule has 0 aromatic heterocycles. The Bertz CT molecular complexity index is 387. The van der Waals surface area contributed by atoms with Gasteiger partial charge in [-0.1, -0.05) is 35.0 Å². The Hall–Kier alpha value is -0.310. The number of fused-ring (bicyclic) bond motifs is 1. The summed E-state index contributed by atoms with van der Waals surface area (Å²) in [4.78, 5) is 1.07. The zero-order chi connectivity index (χ0) is 9.42. The molecule has 0 unspecified atom stereocenters. The monoisotopic (exact) mass is 231 g/mol. The summed E-state index contributed by atoms with van der Waals surface area (Å²) >= 11 is 13.5. The molecule has 2 rings (SSSR count). The Morgan fingerprint density at radius 1 is 1.31 bits per heavy atom. The van der Waals surface area contributed by atoms with Crippen molar-refractivity contribution >= 4 is 40.7 Å². The molecule has 13 heavy (non-hydrogen) atoms. The number of rotatable bonds is 0. The molecule has 0 atom stereocenters. The lowest BCUT2D eigenvalue weighted by molar-refractivity contribution is 1.31. The summed E-state index contributed by atoms with van der Waals surface area (Å²) < 4.78 is 0. The van der Waals surface area contributed by atoms with Crippen molar-refractivity contribution in [2.45, 2.75) is 11.8 Å². The summed E-state index contributed by atoms with van der Waals surface area (Å²) in [6.07, 6.45) is 0. The second-order valence-electron chi connectivity index (χ2n) is 2.80. The second-order valence-corrected chi connectivity index (χ2v) is 4.56. The summed E-state index contributed by atoms with van der Waals surface area (Å²) in [6, 6.07) is 3.65. The fourth-order valence-electron chi connectivity index (χ4n) is 1.14. The van der Waals surface area contributed by atoms with Gasteiger partial charge in [0.2, 0.25) is 0 Å². The van der Waals surface area contributed by atoms with Crippen LogP contribution in [-0.4, -0.2) is 0 Å². The van der Waals surface area contributed by atoms with Gasteiger partial charge in [0.05, 0.1) is 10.7 Å². The van der Waals surface area contributed by atoms with E-state index < -0.39 is 0 Å². The van der Waals surface area contributed by atoms with Gasteiger partial charge in [0.1, 0.15) is 0 Å². The number of hydrogen-bond acceptors (Lipinski definition) is 2. The number of halogens is 2. The lowest BCUT2D eigenvalue weighted by Gasteiger charge is -2.17. The van der Waals surface area contributed by atoms with Crippen molar-refractivity contribution in [3.63, 3.8) is 0 Å². The molecule has 0 spiro atoms. The summed E-state index contributed by atoms with van der Waals surface area (Å²) in [5, 5.41) is 6.58. The molecule has 1 aliphatic heterocycles. The van der Waals surface area contributed by atoms with Gasteiger partial charge in [-0.25, -0.2) is 0 Å². The van der Waals surface area contributed by atoms with Crippen LogP contribution >= 0.6 is 35.0 Å². The van der Waals surface area contributed by atoms with Gasteiger partial charge in [0.15, 0.2) is 0 Å². The lowest BCUT2D eigenvalue weighted by Crippen LogP contribution is -2.01. The predicted molar refractivity (Wildman–Crippen MR) is 59.7 cm³/mol. The van der Waals surface area contributed by atoms with Gasteiger partial charge in [-0.2, -0.15) is 0 Å². The first-order valence-corrected chi connectivity index (χ1v) is 5.40. The molecule has 1 aromatic rings. The number of benzene rings is 1. The zero-order valence-electron chi connectivity index (χ0n) is 6.90. The molecule has 0 fully saturated rings. The van der Waals surface area contributed by atoms with E-state index in [9.17, 15) is 0 Å². The molecule has 68 valence electrons. The smallest absolute Gasteiger partial charge is 0.0713 e. The standard InChI is InChI=1S/C9H7Cl2NS/c1-5-4-13-8-3-6(10)2-7(11)9(8)12-5/h2-4,12H,1H3. The van der Waals surface area contributed by atoms with Crippen molar-refractivity contribution in [1.29, 1.82) is 0 Å². The maximum Gasteiger partial charge on any atom is 0.0713 e. The summed E-state index contributed by atoms with van der Waals surface area (Å²) in [6.45, 7) is 2.00. The van der Waals surface area contributed by atoms with Gasteiger partial charge in [-0.15, -0.1) is 0 Å². The van der Waals surface area contributed by atoms with E-state index in [1.54, 1.807) is 17.8 Å². The minimum atomic E-state index is 0.669. The fourth-order valence-corrected chi connectivity index (χ4v) is 2.64. The van der Waals surface area contributed by atoms with E-state index >= 15 is 0 Å². The molecule has 0 saturated heterocycles. The molecule has 4 heteroatoms. The van der Waals surface area contributed by atoms with Crippen LogP contribution in [0.4, 0.5) is 5.69 Å². The van der Waals surface area contributed by atoms with Gasteiger partial charge >= 0.3 is 0 Å². The summed E-state index contributed by atoms with van der Waals surface area (Å²) in [5.41, 5.74) is 2.05. The Kier molecular flexibility index (Phi) is 2.45. The molecule has 1 aromatic carbocycles. The molecule has 0 radical (unpaired) electrons. The van der Waals surface area contributed by atoms with Crippen LogP contribution in [0, 0.1) is 0 Å². The average molecular weight is 232 g/mol. The number of hydrogen-bond donors (Lipinski definition) is 1. The van der Waals surface area contributed by atoms with E-state index in [2.05, 4.69) is 5.32 Å². The highest BCUT2D eigenvalue weighted by Crippen LogP contribution is 2.40. The molecule has 1 nitrogen and oxygen atoms in total. The van der Waals surface area contributed by atoms with Gasteiger partial charge in [0, 0.05) is 15.6 Å². The highest BCUT2D eigenvalue weighted by atomic mass is 35.5. The molecule has 0 aliphatic carbocycles. The van der Waals surface area contributed by atoms with E-state index in [1.807, 2.05) is 18.4 Å². The van der Waals surface area contributed by atoms with Crippen LogP contribution in [0.15, 0.2) is 28.1 Å². The van der Waals surface area contributed by atoms with E-state index in [1.165, 1.54) is 0 Å². The van der Waals surface area contributed by atoms with Crippen molar-refractivity contribution in [2.24, 2.45) is 0 Å². The van der Waals surface area contributed by atoms with Gasteiger partial charge in [0.25, 0.3) is 0 Å². The zero-order valence-corrected chi connectivity index (χ0v) is 9.22. The Balaban J connectivity index is 2.52. The molecule has 0 bridgehead atoms. The first-order chi connectivity index (χ1) is 6.16. The SMILES string of the molecule is CC1=CSc2cc(Cl)cc(Cl)c2N1. The number of thioether (sulfide) groups is 1. The quantitative estimate of drug-likeness (QED) is 0.712. The van der Waals surface area contributed by atoms with Crippen LogP contribution in [-0.2, 0) is 0 Å². The number of anilines is 1. The molecule has 1 aliphatic rings. The first-order valence-electron chi connectivity index (χ1n) is 3.76. The maximum atomic E-state index is 6.03. The number of nitrogens with one attached hydrogen (secondary N) is 1.